The molecule has 1 heterocycles. The molecule has 2 atom stereocenters. The fraction of sp³-hybridized carbons (Fsp3) is 0.667. The molecule has 0 saturated heterocycles. The highest BCUT2D eigenvalue weighted by atomic mass is 32.2. The topological polar surface area (TPSA) is 66.6 Å². The summed E-state index contributed by atoms with van der Waals surface area (Å²) in [7, 11) is 1.88. The second-order valence-electron chi connectivity index (χ2n) is 4.40. The molecular weight excluding hydrogens is 284 g/mol. The van der Waals surface area contributed by atoms with Crippen molar-refractivity contribution in [1.29, 1.82) is 0 Å². The second kappa shape index (κ2) is 7.12. The largest absolute Gasteiger partial charge is 0.388 e. The van der Waals surface area contributed by atoms with Gasteiger partial charge in [-0.15, -0.1) is 11.3 Å². The van der Waals surface area contributed by atoms with Crippen LogP contribution < -0.4 is 4.90 Å². The fourth-order valence-electron chi connectivity index (χ4n) is 1.84. The van der Waals surface area contributed by atoms with Crippen molar-refractivity contribution >= 4 is 33.8 Å². The van der Waals surface area contributed by atoms with Crippen molar-refractivity contribution in [3.8, 4) is 0 Å². The summed E-state index contributed by atoms with van der Waals surface area (Å²) in [5.74, 6) is 0.923. The molecular formula is C12H20N2O3S2. The Balaban J connectivity index is 3.12. The van der Waals surface area contributed by atoms with Gasteiger partial charge in [-0.3, -0.25) is 10.1 Å². The molecule has 1 rings (SSSR count). The predicted octanol–water partition coefficient (Wildman–Crippen LogP) is 3.29. The molecule has 0 aliphatic carbocycles. The van der Waals surface area contributed by atoms with Gasteiger partial charge in [-0.1, -0.05) is 6.92 Å². The first-order chi connectivity index (χ1) is 8.92. The quantitative estimate of drug-likeness (QED) is 0.618. The van der Waals surface area contributed by atoms with Gasteiger partial charge in [0, 0.05) is 29.8 Å². The van der Waals surface area contributed by atoms with Gasteiger partial charge in [-0.2, -0.15) is 11.8 Å². The monoisotopic (exact) mass is 304 g/mol. The van der Waals surface area contributed by atoms with Crippen molar-refractivity contribution in [2.24, 2.45) is 0 Å². The second-order valence-corrected chi connectivity index (χ2v) is 6.37. The molecule has 0 amide bonds. The van der Waals surface area contributed by atoms with E-state index in [1.807, 2.05) is 18.2 Å². The lowest BCUT2D eigenvalue weighted by Gasteiger charge is -2.26. The average Bonchev–Trinajstić information content (AvgIpc) is 2.80. The Bertz CT molecular complexity index is 435. The summed E-state index contributed by atoms with van der Waals surface area (Å²) in [6, 6.07) is 1.74. The fourth-order valence-corrected chi connectivity index (χ4v) is 3.78. The molecule has 0 aromatic carbocycles. The SMILES string of the molecule is CCC(CSC)N(C)c1sc([C@@H](C)O)cc1[N+](=O)[O-]. The third kappa shape index (κ3) is 3.84. The minimum Gasteiger partial charge on any atom is -0.388 e. The molecule has 1 N–H and O–H groups in total. The van der Waals surface area contributed by atoms with E-state index in [0.29, 0.717) is 9.88 Å². The van der Waals surface area contributed by atoms with Crippen LogP contribution in [0.4, 0.5) is 10.7 Å². The number of nitro groups is 1. The van der Waals surface area contributed by atoms with Gasteiger partial charge in [0.2, 0.25) is 0 Å². The Labute approximate surface area is 121 Å². The number of thioether (sulfide) groups is 1. The molecule has 108 valence electrons. The smallest absolute Gasteiger partial charge is 0.304 e. The number of nitrogens with zero attached hydrogens (tertiary/aromatic N) is 2. The standard InChI is InChI=1S/C12H20N2O3S2/c1-5-9(7-18-4)13(3)12-10(14(16)17)6-11(19-12)8(2)15/h6,8-9,15H,5,7H2,1-4H3/t8-,9?/m1/s1. The maximum absolute atomic E-state index is 11.1. The lowest BCUT2D eigenvalue weighted by atomic mass is 10.2. The highest BCUT2D eigenvalue weighted by Crippen LogP contribution is 2.40. The van der Waals surface area contributed by atoms with Crippen LogP contribution in [0.25, 0.3) is 0 Å². The summed E-state index contributed by atoms with van der Waals surface area (Å²) >= 11 is 3.03. The molecule has 0 saturated carbocycles. The van der Waals surface area contributed by atoms with Crippen molar-refractivity contribution in [1.82, 2.24) is 0 Å². The number of hydrogen-bond acceptors (Lipinski definition) is 6. The molecule has 0 bridgehead atoms. The van der Waals surface area contributed by atoms with Crippen molar-refractivity contribution in [2.45, 2.75) is 32.4 Å². The minimum absolute atomic E-state index is 0.0861. The summed E-state index contributed by atoms with van der Waals surface area (Å²) in [5, 5.41) is 21.3. The molecule has 0 fully saturated rings. The van der Waals surface area contributed by atoms with Crippen molar-refractivity contribution in [3.63, 3.8) is 0 Å². The van der Waals surface area contributed by atoms with Crippen LogP contribution >= 0.6 is 23.1 Å². The third-order valence-corrected chi connectivity index (χ3v) is 5.12. The van der Waals surface area contributed by atoms with Gasteiger partial charge in [-0.25, -0.2) is 0 Å². The van der Waals surface area contributed by atoms with Gasteiger partial charge in [-0.05, 0) is 19.6 Å². The first kappa shape index (κ1) is 16.3. The summed E-state index contributed by atoms with van der Waals surface area (Å²) in [6.07, 6.45) is 2.28. The molecule has 0 radical (unpaired) electrons. The Kier molecular flexibility index (Phi) is 6.09. The molecule has 1 aromatic heterocycles. The van der Waals surface area contributed by atoms with Gasteiger partial charge in [0.25, 0.3) is 0 Å². The first-order valence-electron chi connectivity index (χ1n) is 6.10. The Morgan fingerprint density at radius 3 is 2.68 bits per heavy atom. The molecule has 0 aliphatic heterocycles. The van der Waals surface area contributed by atoms with E-state index in [1.165, 1.54) is 17.4 Å². The van der Waals surface area contributed by atoms with Crippen molar-refractivity contribution in [3.05, 3.63) is 21.1 Å². The zero-order valence-corrected chi connectivity index (χ0v) is 13.3. The lowest BCUT2D eigenvalue weighted by Crippen LogP contribution is -2.32. The predicted molar refractivity (Wildman–Crippen MR) is 82.5 cm³/mol. The Morgan fingerprint density at radius 2 is 2.26 bits per heavy atom. The van der Waals surface area contributed by atoms with Gasteiger partial charge in [0.1, 0.15) is 0 Å². The van der Waals surface area contributed by atoms with Crippen LogP contribution in [0.15, 0.2) is 6.07 Å². The van der Waals surface area contributed by atoms with Crippen LogP contribution in [0.1, 0.15) is 31.2 Å². The number of thiophene rings is 1. The van der Waals surface area contributed by atoms with E-state index in [2.05, 4.69) is 6.92 Å². The summed E-state index contributed by atoms with van der Waals surface area (Å²) in [4.78, 5) is 13.4. The molecule has 1 aromatic rings. The van der Waals surface area contributed by atoms with Gasteiger partial charge in [0.15, 0.2) is 5.00 Å². The summed E-state index contributed by atoms with van der Waals surface area (Å²) in [6.45, 7) is 3.70. The highest BCUT2D eigenvalue weighted by Gasteiger charge is 2.26. The Hall–Kier alpha value is -0.790. The van der Waals surface area contributed by atoms with Gasteiger partial charge < -0.3 is 10.0 Å². The zero-order chi connectivity index (χ0) is 14.6. The van der Waals surface area contributed by atoms with E-state index in [9.17, 15) is 15.2 Å². The maximum Gasteiger partial charge on any atom is 0.304 e. The van der Waals surface area contributed by atoms with Crippen molar-refractivity contribution in [2.75, 3.05) is 24.0 Å². The van der Waals surface area contributed by atoms with Gasteiger partial charge in [0.05, 0.1) is 11.0 Å². The van der Waals surface area contributed by atoms with E-state index in [0.717, 1.165) is 12.2 Å². The van der Waals surface area contributed by atoms with Crippen LogP contribution in [-0.4, -0.2) is 35.1 Å². The number of aliphatic hydroxyl groups is 1. The van der Waals surface area contributed by atoms with E-state index >= 15 is 0 Å². The van der Waals surface area contributed by atoms with Crippen molar-refractivity contribution < 1.29 is 10.0 Å². The van der Waals surface area contributed by atoms with E-state index < -0.39 is 6.10 Å². The van der Waals surface area contributed by atoms with Gasteiger partial charge >= 0.3 is 5.69 Å². The zero-order valence-electron chi connectivity index (χ0n) is 11.6. The van der Waals surface area contributed by atoms with Crippen LogP contribution in [-0.2, 0) is 0 Å². The Morgan fingerprint density at radius 1 is 1.63 bits per heavy atom. The lowest BCUT2D eigenvalue weighted by molar-refractivity contribution is -0.383. The normalized spacial score (nSPS) is 14.2. The number of anilines is 1. The molecule has 19 heavy (non-hydrogen) atoms. The third-order valence-electron chi connectivity index (χ3n) is 3.02. The summed E-state index contributed by atoms with van der Waals surface area (Å²) < 4.78 is 0. The maximum atomic E-state index is 11.1. The van der Waals surface area contributed by atoms with Crippen LogP contribution in [0.2, 0.25) is 0 Å². The van der Waals surface area contributed by atoms with E-state index in [-0.39, 0.29) is 16.7 Å². The first-order valence-corrected chi connectivity index (χ1v) is 8.31. The molecule has 1 unspecified atom stereocenters. The molecule has 0 aliphatic rings. The van der Waals surface area contributed by atoms with Crippen LogP contribution in [0.3, 0.4) is 0 Å². The molecule has 0 spiro atoms. The highest BCUT2D eigenvalue weighted by molar-refractivity contribution is 7.98. The van der Waals surface area contributed by atoms with Crippen LogP contribution in [0.5, 0.6) is 0 Å². The van der Waals surface area contributed by atoms with E-state index in [1.54, 1.807) is 18.7 Å². The minimum atomic E-state index is -0.675. The number of rotatable bonds is 7. The van der Waals surface area contributed by atoms with E-state index in [4.69, 9.17) is 0 Å². The molecule has 7 heteroatoms. The molecule has 5 nitrogen and oxygen atoms in total. The number of aliphatic hydroxyl groups excluding tert-OH is 1. The summed E-state index contributed by atoms with van der Waals surface area (Å²) in [5.41, 5.74) is 0.0861. The number of hydrogen-bond donors (Lipinski definition) is 1. The van der Waals surface area contributed by atoms with Crippen LogP contribution in [0, 0.1) is 10.1 Å². The average molecular weight is 304 g/mol.